The van der Waals surface area contributed by atoms with Crippen LogP contribution in [-0.4, -0.2) is 17.6 Å². The Morgan fingerprint density at radius 2 is 2.07 bits per heavy atom. The number of rotatable bonds is 3. The van der Waals surface area contributed by atoms with Crippen LogP contribution < -0.4 is 0 Å². The molecule has 4 nitrogen and oxygen atoms in total. The SMILES string of the molecule is Cc1ccc2oc(C(C=O)C=O)nc2c1. The van der Waals surface area contributed by atoms with E-state index in [1.165, 1.54) is 0 Å². The van der Waals surface area contributed by atoms with Gasteiger partial charge in [-0.05, 0) is 24.6 Å². The Kier molecular flexibility index (Phi) is 2.33. The predicted octanol–water partition coefficient (Wildman–Crippen LogP) is 1.62. The molecule has 1 aromatic carbocycles. The summed E-state index contributed by atoms with van der Waals surface area (Å²) in [4.78, 5) is 25.2. The lowest BCUT2D eigenvalue weighted by atomic mass is 10.2. The topological polar surface area (TPSA) is 60.2 Å². The maximum atomic E-state index is 10.5. The van der Waals surface area contributed by atoms with E-state index in [1.54, 1.807) is 6.07 Å². The molecule has 0 aliphatic carbocycles. The first-order valence-corrected chi connectivity index (χ1v) is 4.52. The number of aldehydes is 2. The fourth-order valence-electron chi connectivity index (χ4n) is 1.35. The average molecular weight is 203 g/mol. The predicted molar refractivity (Wildman–Crippen MR) is 53.6 cm³/mol. The first kappa shape index (κ1) is 9.58. The van der Waals surface area contributed by atoms with Gasteiger partial charge in [-0.2, -0.15) is 0 Å². The van der Waals surface area contributed by atoms with Crippen LogP contribution in [0.2, 0.25) is 0 Å². The van der Waals surface area contributed by atoms with Gasteiger partial charge in [0.05, 0.1) is 0 Å². The zero-order chi connectivity index (χ0) is 10.8. The van der Waals surface area contributed by atoms with Crippen LogP contribution in [0.5, 0.6) is 0 Å². The number of benzene rings is 1. The van der Waals surface area contributed by atoms with Crippen molar-refractivity contribution >= 4 is 23.7 Å². The van der Waals surface area contributed by atoms with Gasteiger partial charge in [0.1, 0.15) is 24.0 Å². The molecule has 0 aliphatic heterocycles. The summed E-state index contributed by atoms with van der Waals surface area (Å²) in [6.07, 6.45) is 1.04. The summed E-state index contributed by atoms with van der Waals surface area (Å²) in [6.45, 7) is 1.94. The highest BCUT2D eigenvalue weighted by Crippen LogP contribution is 2.20. The number of oxazole rings is 1. The summed E-state index contributed by atoms with van der Waals surface area (Å²) in [5.74, 6) is -0.752. The van der Waals surface area contributed by atoms with E-state index in [-0.39, 0.29) is 5.89 Å². The summed E-state index contributed by atoms with van der Waals surface area (Å²) in [5.41, 5.74) is 2.30. The maximum Gasteiger partial charge on any atom is 0.213 e. The van der Waals surface area contributed by atoms with Gasteiger partial charge in [-0.1, -0.05) is 6.07 Å². The number of nitrogens with zero attached hydrogens (tertiary/aromatic N) is 1. The van der Waals surface area contributed by atoms with E-state index in [4.69, 9.17) is 4.42 Å². The molecule has 0 aliphatic rings. The minimum absolute atomic E-state index is 0.153. The second kappa shape index (κ2) is 3.65. The van der Waals surface area contributed by atoms with Gasteiger partial charge in [-0.3, -0.25) is 0 Å². The Balaban J connectivity index is 2.55. The van der Waals surface area contributed by atoms with Crippen LogP contribution in [-0.2, 0) is 9.59 Å². The molecular formula is C11H9NO3. The summed E-state index contributed by atoms with van der Waals surface area (Å²) in [6, 6.07) is 5.50. The summed E-state index contributed by atoms with van der Waals surface area (Å²) in [5, 5.41) is 0. The van der Waals surface area contributed by atoms with E-state index < -0.39 is 5.92 Å². The highest BCUT2D eigenvalue weighted by atomic mass is 16.3. The lowest BCUT2D eigenvalue weighted by Gasteiger charge is -1.91. The van der Waals surface area contributed by atoms with Crippen molar-refractivity contribution in [3.63, 3.8) is 0 Å². The molecule has 0 atom stereocenters. The molecule has 0 unspecified atom stereocenters. The van der Waals surface area contributed by atoms with E-state index in [9.17, 15) is 9.59 Å². The lowest BCUT2D eigenvalue weighted by molar-refractivity contribution is -0.116. The molecule has 1 heterocycles. The van der Waals surface area contributed by atoms with Crippen LogP contribution in [0.15, 0.2) is 22.6 Å². The van der Waals surface area contributed by atoms with Crippen molar-refractivity contribution in [2.45, 2.75) is 12.8 Å². The first-order valence-electron chi connectivity index (χ1n) is 4.52. The van der Waals surface area contributed by atoms with Crippen molar-refractivity contribution in [2.24, 2.45) is 0 Å². The van der Waals surface area contributed by atoms with Crippen molar-refractivity contribution < 1.29 is 14.0 Å². The van der Waals surface area contributed by atoms with Crippen molar-refractivity contribution in [3.05, 3.63) is 29.7 Å². The third-order valence-electron chi connectivity index (χ3n) is 2.14. The summed E-state index contributed by atoms with van der Waals surface area (Å²) < 4.78 is 5.29. The van der Waals surface area contributed by atoms with Gasteiger partial charge in [0, 0.05) is 0 Å². The standard InChI is InChI=1S/C11H9NO3/c1-7-2-3-10-9(4-7)12-11(15-10)8(5-13)6-14/h2-6,8H,1H3. The van der Waals surface area contributed by atoms with Gasteiger partial charge in [0.25, 0.3) is 0 Å². The molecule has 0 bridgehead atoms. The first-order chi connectivity index (χ1) is 7.24. The van der Waals surface area contributed by atoms with Gasteiger partial charge >= 0.3 is 0 Å². The molecule has 0 N–H and O–H groups in total. The van der Waals surface area contributed by atoms with Crippen LogP contribution >= 0.6 is 0 Å². The maximum absolute atomic E-state index is 10.5. The molecule has 1 aromatic heterocycles. The summed E-state index contributed by atoms with van der Waals surface area (Å²) >= 11 is 0. The van der Waals surface area contributed by atoms with Crippen molar-refractivity contribution in [3.8, 4) is 0 Å². The number of carbonyl (C=O) groups excluding carboxylic acids is 2. The third-order valence-corrected chi connectivity index (χ3v) is 2.14. The Morgan fingerprint density at radius 1 is 1.33 bits per heavy atom. The fraction of sp³-hybridized carbons (Fsp3) is 0.182. The monoisotopic (exact) mass is 203 g/mol. The quantitative estimate of drug-likeness (QED) is 0.561. The molecule has 0 amide bonds. The van der Waals surface area contributed by atoms with E-state index in [2.05, 4.69) is 4.98 Å². The van der Waals surface area contributed by atoms with E-state index in [1.807, 2.05) is 19.1 Å². The van der Waals surface area contributed by atoms with Gasteiger partial charge in [-0.15, -0.1) is 0 Å². The van der Waals surface area contributed by atoms with Gasteiger partial charge in [-0.25, -0.2) is 4.98 Å². The molecule has 0 saturated carbocycles. The van der Waals surface area contributed by atoms with Crippen LogP contribution in [0.25, 0.3) is 11.1 Å². The number of aryl methyl sites for hydroxylation is 1. The molecule has 0 fully saturated rings. The second-order valence-electron chi connectivity index (χ2n) is 3.32. The van der Waals surface area contributed by atoms with Crippen LogP contribution in [0.4, 0.5) is 0 Å². The number of fused-ring (bicyclic) bond motifs is 1. The molecule has 76 valence electrons. The van der Waals surface area contributed by atoms with Crippen molar-refractivity contribution in [1.82, 2.24) is 4.98 Å². The molecule has 0 saturated heterocycles. The molecule has 2 rings (SSSR count). The minimum Gasteiger partial charge on any atom is -0.439 e. The van der Waals surface area contributed by atoms with Crippen LogP contribution in [0.1, 0.15) is 17.4 Å². The largest absolute Gasteiger partial charge is 0.439 e. The summed E-state index contributed by atoms with van der Waals surface area (Å²) in [7, 11) is 0. The van der Waals surface area contributed by atoms with Crippen LogP contribution in [0.3, 0.4) is 0 Å². The highest BCUT2D eigenvalue weighted by Gasteiger charge is 2.16. The van der Waals surface area contributed by atoms with Crippen LogP contribution in [0, 0.1) is 6.92 Å². The Bertz CT molecular complexity index is 508. The number of aromatic nitrogens is 1. The smallest absolute Gasteiger partial charge is 0.213 e. The molecular weight excluding hydrogens is 194 g/mol. The zero-order valence-electron chi connectivity index (χ0n) is 8.14. The average Bonchev–Trinajstić information content (AvgIpc) is 2.62. The third kappa shape index (κ3) is 1.66. The number of hydrogen-bond donors (Lipinski definition) is 0. The van der Waals surface area contributed by atoms with Gasteiger partial charge in [0.15, 0.2) is 5.58 Å². The van der Waals surface area contributed by atoms with Gasteiger partial charge in [0.2, 0.25) is 5.89 Å². The Labute approximate surface area is 85.9 Å². The zero-order valence-corrected chi connectivity index (χ0v) is 8.14. The molecule has 2 aromatic rings. The molecule has 15 heavy (non-hydrogen) atoms. The van der Waals surface area contributed by atoms with Gasteiger partial charge < -0.3 is 14.0 Å². The normalized spacial score (nSPS) is 10.8. The number of hydrogen-bond acceptors (Lipinski definition) is 4. The fourth-order valence-corrected chi connectivity index (χ4v) is 1.35. The minimum atomic E-state index is -0.905. The van der Waals surface area contributed by atoms with E-state index in [0.29, 0.717) is 23.7 Å². The molecule has 0 spiro atoms. The second-order valence-corrected chi connectivity index (χ2v) is 3.32. The Morgan fingerprint density at radius 3 is 2.73 bits per heavy atom. The Hall–Kier alpha value is -1.97. The highest BCUT2D eigenvalue weighted by molar-refractivity contribution is 5.84. The number of carbonyl (C=O) groups is 2. The lowest BCUT2D eigenvalue weighted by Crippen LogP contribution is -2.00. The van der Waals surface area contributed by atoms with Crippen molar-refractivity contribution in [2.75, 3.05) is 0 Å². The molecule has 0 radical (unpaired) electrons. The van der Waals surface area contributed by atoms with Crippen molar-refractivity contribution in [1.29, 1.82) is 0 Å². The van der Waals surface area contributed by atoms with E-state index in [0.717, 1.165) is 5.56 Å². The molecule has 4 heteroatoms. The van der Waals surface area contributed by atoms with E-state index >= 15 is 0 Å².